The first-order chi connectivity index (χ1) is 7.69. The number of methoxy groups -OCH3 is 1. The van der Waals surface area contributed by atoms with E-state index in [9.17, 15) is 4.79 Å². The molecule has 92 valence electrons. The highest BCUT2D eigenvalue weighted by molar-refractivity contribution is 5.70. The van der Waals surface area contributed by atoms with Gasteiger partial charge in [-0.1, -0.05) is 12.8 Å². The maximum Gasteiger partial charge on any atom is 0.307 e. The van der Waals surface area contributed by atoms with Gasteiger partial charge >= 0.3 is 5.97 Å². The fraction of sp³-hybridized carbons (Fsp3) is 0.923. The summed E-state index contributed by atoms with van der Waals surface area (Å²) >= 11 is 0. The van der Waals surface area contributed by atoms with Crippen molar-refractivity contribution in [2.75, 3.05) is 14.2 Å². The summed E-state index contributed by atoms with van der Waals surface area (Å²) < 4.78 is 4.81. The molecule has 2 aliphatic carbocycles. The number of carbonyl (C=O) groups excluding carboxylic acids is 1. The molecule has 2 unspecified atom stereocenters. The highest BCUT2D eigenvalue weighted by Crippen LogP contribution is 2.47. The molecule has 0 saturated heterocycles. The molecule has 0 heterocycles. The van der Waals surface area contributed by atoms with E-state index in [0.29, 0.717) is 6.42 Å². The number of ether oxygens (including phenoxy) is 1. The monoisotopic (exact) mass is 225 g/mol. The van der Waals surface area contributed by atoms with Crippen molar-refractivity contribution < 1.29 is 9.53 Å². The number of hydrogen-bond donors (Lipinski definition) is 1. The van der Waals surface area contributed by atoms with Crippen molar-refractivity contribution in [2.24, 2.45) is 11.8 Å². The average molecular weight is 225 g/mol. The van der Waals surface area contributed by atoms with Gasteiger partial charge in [0.25, 0.3) is 0 Å². The molecular formula is C13H23NO2. The molecule has 0 bridgehead atoms. The molecule has 3 nitrogen and oxygen atoms in total. The molecule has 0 aromatic heterocycles. The second-order valence-corrected chi connectivity index (χ2v) is 5.48. The zero-order chi connectivity index (χ0) is 11.6. The zero-order valence-electron chi connectivity index (χ0n) is 10.4. The van der Waals surface area contributed by atoms with Gasteiger partial charge in [0.05, 0.1) is 13.5 Å². The molecule has 16 heavy (non-hydrogen) atoms. The van der Waals surface area contributed by atoms with E-state index in [1.54, 1.807) is 0 Å². The SMILES string of the molecule is CNC1(CC(=O)OC)CCCC(C2CC2)C1. The van der Waals surface area contributed by atoms with Gasteiger partial charge in [0.1, 0.15) is 0 Å². The Kier molecular flexibility index (Phi) is 3.53. The van der Waals surface area contributed by atoms with Gasteiger partial charge in [0.15, 0.2) is 0 Å². The van der Waals surface area contributed by atoms with Crippen molar-refractivity contribution >= 4 is 5.97 Å². The van der Waals surface area contributed by atoms with Crippen molar-refractivity contribution in [1.82, 2.24) is 5.32 Å². The molecule has 2 aliphatic rings. The second-order valence-electron chi connectivity index (χ2n) is 5.48. The third-order valence-corrected chi connectivity index (χ3v) is 4.41. The molecule has 2 saturated carbocycles. The summed E-state index contributed by atoms with van der Waals surface area (Å²) in [6, 6.07) is 0. The number of carbonyl (C=O) groups is 1. The zero-order valence-corrected chi connectivity index (χ0v) is 10.4. The van der Waals surface area contributed by atoms with Crippen molar-refractivity contribution in [1.29, 1.82) is 0 Å². The van der Waals surface area contributed by atoms with Gasteiger partial charge in [-0.25, -0.2) is 0 Å². The first-order valence-electron chi connectivity index (χ1n) is 6.45. The molecule has 2 fully saturated rings. The van der Waals surface area contributed by atoms with Gasteiger partial charge in [-0.15, -0.1) is 0 Å². The van der Waals surface area contributed by atoms with Crippen LogP contribution in [0.5, 0.6) is 0 Å². The molecule has 2 rings (SSSR count). The van der Waals surface area contributed by atoms with Gasteiger partial charge in [-0.3, -0.25) is 4.79 Å². The quantitative estimate of drug-likeness (QED) is 0.745. The largest absolute Gasteiger partial charge is 0.469 e. The van der Waals surface area contributed by atoms with Gasteiger partial charge in [0.2, 0.25) is 0 Å². The maximum absolute atomic E-state index is 11.5. The highest BCUT2D eigenvalue weighted by atomic mass is 16.5. The van der Waals surface area contributed by atoms with E-state index < -0.39 is 0 Å². The van der Waals surface area contributed by atoms with Crippen LogP contribution in [0, 0.1) is 11.8 Å². The Morgan fingerprint density at radius 2 is 2.12 bits per heavy atom. The van der Waals surface area contributed by atoms with Gasteiger partial charge in [-0.2, -0.15) is 0 Å². The molecule has 2 atom stereocenters. The number of rotatable bonds is 4. The van der Waals surface area contributed by atoms with Crippen LogP contribution in [0.4, 0.5) is 0 Å². The van der Waals surface area contributed by atoms with Crippen molar-refractivity contribution in [3.63, 3.8) is 0 Å². The fourth-order valence-electron chi connectivity index (χ4n) is 3.20. The van der Waals surface area contributed by atoms with E-state index in [0.717, 1.165) is 24.7 Å². The topological polar surface area (TPSA) is 38.3 Å². The van der Waals surface area contributed by atoms with Crippen LogP contribution in [0.3, 0.4) is 0 Å². The van der Waals surface area contributed by atoms with Gasteiger partial charge in [0, 0.05) is 5.54 Å². The minimum Gasteiger partial charge on any atom is -0.469 e. The van der Waals surface area contributed by atoms with Crippen LogP contribution in [-0.4, -0.2) is 25.7 Å². The van der Waals surface area contributed by atoms with Crippen LogP contribution in [-0.2, 0) is 9.53 Å². The lowest BCUT2D eigenvalue weighted by atomic mass is 9.72. The average Bonchev–Trinajstić information content (AvgIpc) is 3.13. The number of esters is 1. The van der Waals surface area contributed by atoms with E-state index >= 15 is 0 Å². The standard InChI is InChI=1S/C13H23NO2/c1-14-13(9-12(15)16-2)7-3-4-11(8-13)10-5-6-10/h10-11,14H,3-9H2,1-2H3. The van der Waals surface area contributed by atoms with E-state index in [2.05, 4.69) is 5.32 Å². The highest BCUT2D eigenvalue weighted by Gasteiger charge is 2.42. The second kappa shape index (κ2) is 4.74. The van der Waals surface area contributed by atoms with Crippen LogP contribution < -0.4 is 5.32 Å². The fourth-order valence-corrected chi connectivity index (χ4v) is 3.20. The Labute approximate surface area is 97.9 Å². The lowest BCUT2D eigenvalue weighted by molar-refractivity contribution is -0.143. The normalized spacial score (nSPS) is 34.8. The van der Waals surface area contributed by atoms with Gasteiger partial charge in [-0.05, 0) is 44.6 Å². The molecule has 0 aliphatic heterocycles. The summed E-state index contributed by atoms with van der Waals surface area (Å²) in [5, 5.41) is 3.39. The third kappa shape index (κ3) is 2.57. The van der Waals surface area contributed by atoms with E-state index in [4.69, 9.17) is 4.74 Å². The Bertz CT molecular complexity index is 263. The van der Waals surface area contributed by atoms with E-state index in [1.165, 1.54) is 32.8 Å². The van der Waals surface area contributed by atoms with Crippen molar-refractivity contribution in [2.45, 2.75) is 50.5 Å². The lowest BCUT2D eigenvalue weighted by Gasteiger charge is -2.40. The molecular weight excluding hydrogens is 202 g/mol. The minimum absolute atomic E-state index is 0.0125. The molecule has 3 heteroatoms. The van der Waals surface area contributed by atoms with E-state index in [-0.39, 0.29) is 11.5 Å². The molecule has 1 N–H and O–H groups in total. The summed E-state index contributed by atoms with van der Waals surface area (Å²) in [5.74, 6) is 1.71. The lowest BCUT2D eigenvalue weighted by Crippen LogP contribution is -2.48. The Balaban J connectivity index is 1.98. The molecule has 0 aromatic rings. The van der Waals surface area contributed by atoms with Crippen LogP contribution in [0.1, 0.15) is 44.9 Å². The summed E-state index contributed by atoms with van der Waals surface area (Å²) in [7, 11) is 3.46. The molecule has 0 radical (unpaired) electrons. The third-order valence-electron chi connectivity index (χ3n) is 4.41. The minimum atomic E-state index is -0.0780. The first-order valence-corrected chi connectivity index (χ1v) is 6.45. The van der Waals surface area contributed by atoms with Crippen LogP contribution >= 0.6 is 0 Å². The summed E-state index contributed by atoms with van der Waals surface area (Å²) in [6.45, 7) is 0. The van der Waals surface area contributed by atoms with Crippen LogP contribution in [0.15, 0.2) is 0 Å². The molecule has 0 spiro atoms. The number of hydrogen-bond acceptors (Lipinski definition) is 3. The van der Waals surface area contributed by atoms with Crippen LogP contribution in [0.25, 0.3) is 0 Å². The van der Waals surface area contributed by atoms with Crippen LogP contribution in [0.2, 0.25) is 0 Å². The number of nitrogens with one attached hydrogen (secondary N) is 1. The molecule has 0 aromatic carbocycles. The molecule has 0 amide bonds. The summed E-state index contributed by atoms with van der Waals surface area (Å²) in [5.41, 5.74) is 0.0125. The summed E-state index contributed by atoms with van der Waals surface area (Å²) in [4.78, 5) is 11.5. The first kappa shape index (κ1) is 11.9. The Hall–Kier alpha value is -0.570. The maximum atomic E-state index is 11.5. The Morgan fingerprint density at radius 1 is 1.38 bits per heavy atom. The summed E-state index contributed by atoms with van der Waals surface area (Å²) in [6.07, 6.45) is 8.22. The Morgan fingerprint density at radius 3 is 2.69 bits per heavy atom. The van der Waals surface area contributed by atoms with Gasteiger partial charge < -0.3 is 10.1 Å². The van der Waals surface area contributed by atoms with Crippen molar-refractivity contribution in [3.05, 3.63) is 0 Å². The smallest absolute Gasteiger partial charge is 0.307 e. The van der Waals surface area contributed by atoms with Crippen molar-refractivity contribution in [3.8, 4) is 0 Å². The predicted molar refractivity (Wildman–Crippen MR) is 63.1 cm³/mol. The van der Waals surface area contributed by atoms with E-state index in [1.807, 2.05) is 7.05 Å². The predicted octanol–water partition coefficient (Wildman–Crippen LogP) is 2.11.